The van der Waals surface area contributed by atoms with Crippen molar-refractivity contribution in [2.24, 2.45) is 0 Å². The average Bonchev–Trinajstić information content (AvgIpc) is 2.46. The molecule has 0 aliphatic carbocycles. The van der Waals surface area contributed by atoms with E-state index in [0.717, 1.165) is 44.6 Å². The summed E-state index contributed by atoms with van der Waals surface area (Å²) in [6.07, 6.45) is 1.99. The van der Waals surface area contributed by atoms with Crippen LogP contribution in [0.4, 0.5) is 8.78 Å². The molecule has 1 aromatic rings. The first-order chi connectivity index (χ1) is 9.63. The summed E-state index contributed by atoms with van der Waals surface area (Å²) in [5.74, 6) is -1.31. The monoisotopic (exact) mass is 279 g/mol. The Balaban J connectivity index is 1.93. The number of likely N-dealkylation sites (tertiary alicyclic amines) is 1. The lowest BCUT2D eigenvalue weighted by atomic mass is 10.0. The number of halogens is 2. The smallest absolute Gasteiger partial charge is 0.131 e. The summed E-state index contributed by atoms with van der Waals surface area (Å²) >= 11 is 0. The number of hydrogen-bond donors (Lipinski definition) is 1. The number of piperidine rings is 1. The lowest BCUT2D eigenvalue weighted by Gasteiger charge is -2.31. The van der Waals surface area contributed by atoms with Crippen LogP contribution in [0.25, 0.3) is 0 Å². The summed E-state index contributed by atoms with van der Waals surface area (Å²) in [5.41, 5.74) is 0.0296. The fraction of sp³-hybridized carbons (Fsp3) is 0.533. The van der Waals surface area contributed by atoms with Crippen LogP contribution < -0.4 is 5.32 Å². The van der Waals surface area contributed by atoms with E-state index in [1.807, 2.05) is 0 Å². The largest absolute Gasteiger partial charge is 0.310 e. The molecule has 3 nitrogen and oxygen atoms in total. The molecule has 0 atom stereocenters. The standard InChI is InChI=1S/C15H19F2N3/c1-2-20-5-3-12(4-6-20)19-10-13-14(16)7-11(9-18)8-15(13)17/h7-8,12,19H,2-6,10H2,1H3. The molecule has 0 unspecified atom stereocenters. The molecular formula is C15H19F2N3. The normalized spacial score (nSPS) is 17.1. The third kappa shape index (κ3) is 3.53. The van der Waals surface area contributed by atoms with Crippen LogP contribution in [0.1, 0.15) is 30.9 Å². The number of hydrogen-bond acceptors (Lipinski definition) is 3. The number of nitriles is 1. The van der Waals surface area contributed by atoms with E-state index in [4.69, 9.17) is 5.26 Å². The average molecular weight is 279 g/mol. The van der Waals surface area contributed by atoms with Gasteiger partial charge < -0.3 is 10.2 Å². The quantitative estimate of drug-likeness (QED) is 0.920. The van der Waals surface area contributed by atoms with Gasteiger partial charge in [0.05, 0.1) is 11.6 Å². The molecule has 0 aromatic heterocycles. The molecule has 108 valence electrons. The van der Waals surface area contributed by atoms with Crippen molar-refractivity contribution in [3.8, 4) is 6.07 Å². The molecule has 5 heteroatoms. The van der Waals surface area contributed by atoms with E-state index in [9.17, 15) is 8.78 Å². The molecule has 2 rings (SSSR count). The van der Waals surface area contributed by atoms with Gasteiger partial charge >= 0.3 is 0 Å². The minimum atomic E-state index is -0.653. The van der Waals surface area contributed by atoms with Crippen LogP contribution in [0, 0.1) is 23.0 Å². The van der Waals surface area contributed by atoms with Crippen molar-refractivity contribution in [3.05, 3.63) is 34.9 Å². The van der Waals surface area contributed by atoms with Crippen molar-refractivity contribution in [2.75, 3.05) is 19.6 Å². The first-order valence-electron chi connectivity index (χ1n) is 6.97. The molecule has 1 saturated heterocycles. The molecule has 0 radical (unpaired) electrons. The number of benzene rings is 1. The second kappa shape index (κ2) is 6.78. The van der Waals surface area contributed by atoms with Crippen LogP contribution in [0.3, 0.4) is 0 Å². The van der Waals surface area contributed by atoms with Gasteiger partial charge in [-0.1, -0.05) is 6.92 Å². The Bertz CT molecular complexity index is 479. The Morgan fingerprint density at radius 2 is 1.90 bits per heavy atom. The van der Waals surface area contributed by atoms with Crippen molar-refractivity contribution < 1.29 is 8.78 Å². The van der Waals surface area contributed by atoms with E-state index in [1.165, 1.54) is 0 Å². The molecule has 20 heavy (non-hydrogen) atoms. The maximum Gasteiger partial charge on any atom is 0.131 e. The van der Waals surface area contributed by atoms with Crippen LogP contribution >= 0.6 is 0 Å². The van der Waals surface area contributed by atoms with Gasteiger partial charge in [-0.05, 0) is 44.6 Å². The minimum Gasteiger partial charge on any atom is -0.310 e. The predicted octanol–water partition coefficient (Wildman–Crippen LogP) is 2.41. The van der Waals surface area contributed by atoms with Gasteiger partial charge in [-0.15, -0.1) is 0 Å². The van der Waals surface area contributed by atoms with E-state index in [1.54, 1.807) is 6.07 Å². The Kier molecular flexibility index (Phi) is 5.05. The summed E-state index contributed by atoms with van der Waals surface area (Å²) in [7, 11) is 0. The van der Waals surface area contributed by atoms with Crippen molar-refractivity contribution in [2.45, 2.75) is 32.4 Å². The van der Waals surface area contributed by atoms with Gasteiger partial charge in [0.1, 0.15) is 11.6 Å². The van der Waals surface area contributed by atoms with Gasteiger partial charge in [0, 0.05) is 18.2 Å². The highest BCUT2D eigenvalue weighted by Gasteiger charge is 2.19. The first-order valence-corrected chi connectivity index (χ1v) is 6.97. The van der Waals surface area contributed by atoms with E-state index >= 15 is 0 Å². The molecule has 0 amide bonds. The highest BCUT2D eigenvalue weighted by atomic mass is 19.1. The minimum absolute atomic E-state index is 0.0139. The van der Waals surface area contributed by atoms with E-state index in [0.29, 0.717) is 6.04 Å². The number of nitrogens with zero attached hydrogens (tertiary/aromatic N) is 2. The highest BCUT2D eigenvalue weighted by molar-refractivity contribution is 5.34. The Labute approximate surface area is 118 Å². The summed E-state index contributed by atoms with van der Waals surface area (Å²) < 4.78 is 27.5. The van der Waals surface area contributed by atoms with E-state index in [2.05, 4.69) is 17.1 Å². The van der Waals surface area contributed by atoms with Crippen LogP contribution in [0.5, 0.6) is 0 Å². The van der Waals surface area contributed by atoms with Gasteiger partial charge in [-0.2, -0.15) is 5.26 Å². The Morgan fingerprint density at radius 1 is 1.30 bits per heavy atom. The molecule has 1 heterocycles. The second-order valence-corrected chi connectivity index (χ2v) is 5.12. The van der Waals surface area contributed by atoms with Gasteiger partial charge in [-0.3, -0.25) is 0 Å². The van der Waals surface area contributed by atoms with Gasteiger partial charge in [0.2, 0.25) is 0 Å². The van der Waals surface area contributed by atoms with Crippen LogP contribution in [0.2, 0.25) is 0 Å². The molecule has 0 saturated carbocycles. The third-order valence-electron chi connectivity index (χ3n) is 3.87. The Hall–Kier alpha value is -1.51. The topological polar surface area (TPSA) is 39.1 Å². The van der Waals surface area contributed by atoms with E-state index < -0.39 is 11.6 Å². The summed E-state index contributed by atoms with van der Waals surface area (Å²) in [6.45, 7) is 5.39. The lowest BCUT2D eigenvalue weighted by Crippen LogP contribution is -2.42. The van der Waals surface area contributed by atoms with Gasteiger partial charge in [0.25, 0.3) is 0 Å². The van der Waals surface area contributed by atoms with Crippen LogP contribution in [0.15, 0.2) is 12.1 Å². The number of rotatable bonds is 4. The van der Waals surface area contributed by atoms with E-state index in [-0.39, 0.29) is 17.7 Å². The predicted molar refractivity (Wildman–Crippen MR) is 73.0 cm³/mol. The van der Waals surface area contributed by atoms with Crippen molar-refractivity contribution in [1.82, 2.24) is 10.2 Å². The van der Waals surface area contributed by atoms with Gasteiger partial charge in [-0.25, -0.2) is 8.78 Å². The number of nitrogens with one attached hydrogen (secondary N) is 1. The van der Waals surface area contributed by atoms with Crippen LogP contribution in [-0.2, 0) is 6.54 Å². The fourth-order valence-electron chi connectivity index (χ4n) is 2.54. The zero-order chi connectivity index (χ0) is 14.5. The molecule has 0 spiro atoms. The summed E-state index contributed by atoms with van der Waals surface area (Å²) in [6, 6.07) is 4.21. The highest BCUT2D eigenvalue weighted by Crippen LogP contribution is 2.16. The molecule has 1 aliphatic heterocycles. The molecule has 1 fully saturated rings. The molecule has 1 aromatic carbocycles. The lowest BCUT2D eigenvalue weighted by molar-refractivity contribution is 0.205. The maximum atomic E-state index is 13.7. The van der Waals surface area contributed by atoms with Crippen LogP contribution in [-0.4, -0.2) is 30.6 Å². The summed E-state index contributed by atoms with van der Waals surface area (Å²) in [4.78, 5) is 2.36. The SMILES string of the molecule is CCN1CCC(NCc2c(F)cc(C#N)cc2F)CC1. The molecule has 1 N–H and O–H groups in total. The Morgan fingerprint density at radius 3 is 2.40 bits per heavy atom. The van der Waals surface area contributed by atoms with Gasteiger partial charge in [0.15, 0.2) is 0 Å². The third-order valence-corrected chi connectivity index (χ3v) is 3.87. The molecular weight excluding hydrogens is 260 g/mol. The van der Waals surface area contributed by atoms with Crippen molar-refractivity contribution in [3.63, 3.8) is 0 Å². The van der Waals surface area contributed by atoms with Crippen molar-refractivity contribution in [1.29, 1.82) is 5.26 Å². The van der Waals surface area contributed by atoms with Crippen molar-refractivity contribution >= 4 is 0 Å². The molecule has 1 aliphatic rings. The summed E-state index contributed by atoms with van der Waals surface area (Å²) in [5, 5.41) is 11.9. The zero-order valence-corrected chi connectivity index (χ0v) is 11.6. The zero-order valence-electron chi connectivity index (χ0n) is 11.6. The molecule has 0 bridgehead atoms. The fourth-order valence-corrected chi connectivity index (χ4v) is 2.54. The second-order valence-electron chi connectivity index (χ2n) is 5.12. The first kappa shape index (κ1) is 14.9. The maximum absolute atomic E-state index is 13.7.